The fraction of sp³-hybridized carbons (Fsp3) is 0.652. The molecule has 0 saturated carbocycles. The number of fused-ring (bicyclic) bond motifs is 1. The fourth-order valence-corrected chi connectivity index (χ4v) is 5.32. The van der Waals surface area contributed by atoms with E-state index in [0.717, 1.165) is 6.54 Å². The molecule has 0 aliphatic carbocycles. The van der Waals surface area contributed by atoms with Crippen LogP contribution in [0.25, 0.3) is 0 Å². The molecule has 0 bridgehead atoms. The average Bonchev–Trinajstić information content (AvgIpc) is 3.18. The first-order valence-corrected chi connectivity index (χ1v) is 11.1. The first kappa shape index (κ1) is 21.0. The fourth-order valence-electron chi connectivity index (χ4n) is 5.32. The van der Waals surface area contributed by atoms with Crippen LogP contribution in [0.15, 0.2) is 18.2 Å². The number of hydrogen-bond acceptors (Lipinski definition) is 5. The van der Waals surface area contributed by atoms with Crippen LogP contribution in [0.3, 0.4) is 0 Å². The lowest BCUT2D eigenvalue weighted by Gasteiger charge is -2.44. The summed E-state index contributed by atoms with van der Waals surface area (Å²) in [6.07, 6.45) is 6.46. The molecular formula is C23H33N3O4. The van der Waals surface area contributed by atoms with Gasteiger partial charge in [-0.15, -0.1) is 0 Å². The lowest BCUT2D eigenvalue weighted by molar-refractivity contribution is -0.126. The van der Waals surface area contributed by atoms with Crippen LogP contribution in [0, 0.1) is 11.8 Å². The zero-order valence-corrected chi connectivity index (χ0v) is 18.1. The van der Waals surface area contributed by atoms with Crippen LogP contribution >= 0.6 is 0 Å². The highest BCUT2D eigenvalue weighted by Gasteiger charge is 2.38. The second-order valence-corrected chi connectivity index (χ2v) is 8.69. The van der Waals surface area contributed by atoms with Crippen molar-refractivity contribution < 1.29 is 19.1 Å². The largest absolute Gasteiger partial charge is 0.497 e. The minimum atomic E-state index is -0.324. The Hall–Kier alpha value is -2.28. The molecule has 164 valence electrons. The molecule has 7 heteroatoms. The van der Waals surface area contributed by atoms with Crippen LogP contribution in [-0.2, 0) is 9.59 Å². The number of hydrogen-bond donors (Lipinski definition) is 1. The van der Waals surface area contributed by atoms with E-state index in [2.05, 4.69) is 10.2 Å². The van der Waals surface area contributed by atoms with Crippen molar-refractivity contribution in [1.82, 2.24) is 10.2 Å². The van der Waals surface area contributed by atoms with Gasteiger partial charge in [0.05, 0.1) is 25.8 Å². The van der Waals surface area contributed by atoms with Gasteiger partial charge in [-0.3, -0.25) is 9.59 Å². The molecule has 1 aromatic carbocycles. The van der Waals surface area contributed by atoms with Crippen molar-refractivity contribution in [3.8, 4) is 11.5 Å². The highest BCUT2D eigenvalue weighted by molar-refractivity contribution is 6.01. The lowest BCUT2D eigenvalue weighted by atomic mass is 9.83. The number of benzene rings is 1. The molecule has 0 unspecified atom stereocenters. The third kappa shape index (κ3) is 4.26. The van der Waals surface area contributed by atoms with E-state index in [1.165, 1.54) is 45.2 Å². The molecule has 0 radical (unpaired) electrons. The first-order chi connectivity index (χ1) is 14.6. The van der Waals surface area contributed by atoms with Crippen LogP contribution in [-0.4, -0.2) is 63.2 Å². The number of piperidine rings is 2. The minimum Gasteiger partial charge on any atom is -0.497 e. The third-order valence-corrected chi connectivity index (χ3v) is 6.94. The van der Waals surface area contributed by atoms with Crippen molar-refractivity contribution in [2.75, 3.05) is 45.3 Å². The Bertz CT molecular complexity index is 782. The maximum absolute atomic E-state index is 12.9. The monoisotopic (exact) mass is 415 g/mol. The number of methoxy groups -OCH3 is 2. The van der Waals surface area contributed by atoms with Crippen molar-refractivity contribution in [3.05, 3.63) is 18.2 Å². The number of amides is 2. The zero-order valence-electron chi connectivity index (χ0n) is 18.1. The molecule has 1 aromatic rings. The highest BCUT2D eigenvalue weighted by atomic mass is 16.5. The predicted octanol–water partition coefficient (Wildman–Crippen LogP) is 2.44. The first-order valence-electron chi connectivity index (χ1n) is 11.1. The van der Waals surface area contributed by atoms with Gasteiger partial charge in [0.1, 0.15) is 11.5 Å². The molecule has 3 atom stereocenters. The Morgan fingerprint density at radius 3 is 2.77 bits per heavy atom. The van der Waals surface area contributed by atoms with E-state index >= 15 is 0 Å². The maximum atomic E-state index is 12.9. The number of carbonyl (C=O) groups is 2. The topological polar surface area (TPSA) is 71.1 Å². The van der Waals surface area contributed by atoms with Crippen molar-refractivity contribution in [2.45, 2.75) is 44.6 Å². The molecule has 3 saturated heterocycles. The quantitative estimate of drug-likeness (QED) is 0.773. The molecule has 3 fully saturated rings. The summed E-state index contributed by atoms with van der Waals surface area (Å²) in [5, 5.41) is 3.17. The van der Waals surface area contributed by atoms with Crippen molar-refractivity contribution in [2.24, 2.45) is 11.8 Å². The predicted molar refractivity (Wildman–Crippen MR) is 115 cm³/mol. The van der Waals surface area contributed by atoms with E-state index in [9.17, 15) is 9.59 Å². The SMILES string of the molecule is COc1ccc(N2C[C@H](C(=O)NC[C@H]3CCCN4CCCC[C@@H]34)CC2=O)c(OC)c1. The van der Waals surface area contributed by atoms with Crippen molar-refractivity contribution in [1.29, 1.82) is 0 Å². The van der Waals surface area contributed by atoms with Crippen LogP contribution in [0.1, 0.15) is 38.5 Å². The van der Waals surface area contributed by atoms with Gasteiger partial charge in [-0.2, -0.15) is 0 Å². The van der Waals surface area contributed by atoms with E-state index < -0.39 is 0 Å². The van der Waals surface area contributed by atoms with Crippen LogP contribution in [0.2, 0.25) is 0 Å². The Labute approximate surface area is 178 Å². The molecule has 0 aromatic heterocycles. The van der Waals surface area contributed by atoms with Gasteiger partial charge in [-0.25, -0.2) is 0 Å². The van der Waals surface area contributed by atoms with Gasteiger partial charge in [0.15, 0.2) is 0 Å². The normalized spacial score (nSPS) is 26.9. The molecule has 1 N–H and O–H groups in total. The maximum Gasteiger partial charge on any atom is 0.227 e. The molecule has 3 aliphatic heterocycles. The van der Waals surface area contributed by atoms with Gasteiger partial charge in [-0.1, -0.05) is 6.42 Å². The van der Waals surface area contributed by atoms with Crippen LogP contribution in [0.4, 0.5) is 5.69 Å². The molecule has 30 heavy (non-hydrogen) atoms. The average molecular weight is 416 g/mol. The Balaban J connectivity index is 1.36. The van der Waals surface area contributed by atoms with E-state index in [1.807, 2.05) is 6.07 Å². The van der Waals surface area contributed by atoms with E-state index in [-0.39, 0.29) is 24.2 Å². The van der Waals surface area contributed by atoms with Crippen LogP contribution < -0.4 is 19.7 Å². The zero-order chi connectivity index (χ0) is 21.1. The van der Waals surface area contributed by atoms with Gasteiger partial charge in [-0.05, 0) is 56.8 Å². The van der Waals surface area contributed by atoms with Gasteiger partial charge in [0, 0.05) is 31.6 Å². The third-order valence-electron chi connectivity index (χ3n) is 6.94. The Morgan fingerprint density at radius 2 is 1.97 bits per heavy atom. The van der Waals surface area contributed by atoms with Gasteiger partial charge in [0.2, 0.25) is 11.8 Å². The molecule has 0 spiro atoms. The second-order valence-electron chi connectivity index (χ2n) is 8.69. The molecular weight excluding hydrogens is 382 g/mol. The summed E-state index contributed by atoms with van der Waals surface area (Å²) in [6.45, 7) is 3.50. The van der Waals surface area contributed by atoms with Gasteiger partial charge < -0.3 is 24.6 Å². The summed E-state index contributed by atoms with van der Waals surface area (Å²) >= 11 is 0. The van der Waals surface area contributed by atoms with Gasteiger partial charge in [0.25, 0.3) is 0 Å². The summed E-state index contributed by atoms with van der Waals surface area (Å²) in [6, 6.07) is 5.99. The van der Waals surface area contributed by atoms with Crippen molar-refractivity contribution in [3.63, 3.8) is 0 Å². The molecule has 2 amide bonds. The number of nitrogens with one attached hydrogen (secondary N) is 1. The summed E-state index contributed by atoms with van der Waals surface area (Å²) in [5.41, 5.74) is 0.684. The number of rotatable bonds is 6. The second kappa shape index (κ2) is 9.25. The van der Waals surface area contributed by atoms with E-state index in [1.54, 1.807) is 31.3 Å². The van der Waals surface area contributed by atoms with Gasteiger partial charge >= 0.3 is 0 Å². The summed E-state index contributed by atoms with van der Waals surface area (Å²) in [7, 11) is 3.16. The van der Waals surface area contributed by atoms with E-state index in [4.69, 9.17) is 9.47 Å². The van der Waals surface area contributed by atoms with E-state index in [0.29, 0.717) is 35.7 Å². The molecule has 4 rings (SSSR count). The molecule has 7 nitrogen and oxygen atoms in total. The summed E-state index contributed by atoms with van der Waals surface area (Å²) < 4.78 is 10.7. The summed E-state index contributed by atoms with van der Waals surface area (Å²) in [4.78, 5) is 29.8. The highest BCUT2D eigenvalue weighted by Crippen LogP contribution is 2.36. The summed E-state index contributed by atoms with van der Waals surface area (Å²) in [5.74, 6) is 1.39. The van der Waals surface area contributed by atoms with Crippen LogP contribution in [0.5, 0.6) is 11.5 Å². The lowest BCUT2D eigenvalue weighted by Crippen LogP contribution is -2.51. The molecule has 3 heterocycles. The smallest absolute Gasteiger partial charge is 0.227 e. The molecule has 3 aliphatic rings. The number of nitrogens with zero attached hydrogens (tertiary/aromatic N) is 2. The standard InChI is InChI=1S/C23H33N3O4/c1-29-18-8-9-20(21(13-18)30-2)26-15-17(12-22(26)27)23(28)24-14-16-6-5-11-25-10-4-3-7-19(16)25/h8-9,13,16-17,19H,3-7,10-12,14-15H2,1-2H3,(H,24,28)/t16-,17-,19+/m1/s1. The number of carbonyl (C=O) groups excluding carboxylic acids is 2. The number of ether oxygens (including phenoxy) is 2. The number of anilines is 1. The Morgan fingerprint density at radius 1 is 1.13 bits per heavy atom. The van der Waals surface area contributed by atoms with Crippen molar-refractivity contribution >= 4 is 17.5 Å². The minimum absolute atomic E-state index is 0.00809. The Kier molecular flexibility index (Phi) is 6.46.